The van der Waals surface area contributed by atoms with E-state index in [4.69, 9.17) is 5.73 Å². The molecule has 1 aromatic rings. The van der Waals surface area contributed by atoms with Crippen LogP contribution >= 0.6 is 0 Å². The van der Waals surface area contributed by atoms with Crippen LogP contribution in [0.15, 0.2) is 30.3 Å². The van der Waals surface area contributed by atoms with E-state index >= 15 is 0 Å². The predicted octanol–water partition coefficient (Wildman–Crippen LogP) is 1.21. The van der Waals surface area contributed by atoms with Crippen molar-refractivity contribution in [2.75, 3.05) is 18.6 Å². The quantitative estimate of drug-likeness (QED) is 0.738. The van der Waals surface area contributed by atoms with Gasteiger partial charge in [-0.05, 0) is 12.0 Å². The van der Waals surface area contributed by atoms with E-state index < -0.39 is 10.8 Å². The maximum atomic E-state index is 11.9. The average molecular weight is 282 g/mol. The van der Waals surface area contributed by atoms with Crippen LogP contribution in [0, 0.1) is 5.92 Å². The van der Waals surface area contributed by atoms with Crippen LogP contribution < -0.4 is 11.1 Å². The molecule has 1 aromatic carbocycles. The minimum atomic E-state index is -0.805. The number of nitrogens with one attached hydrogen (secondary N) is 1. The van der Waals surface area contributed by atoms with Crippen molar-refractivity contribution in [1.82, 2.24) is 5.32 Å². The largest absolute Gasteiger partial charge is 0.356 e. The number of carbonyl (C=O) groups is 1. The predicted molar refractivity (Wildman–Crippen MR) is 79.1 cm³/mol. The van der Waals surface area contributed by atoms with E-state index in [1.807, 2.05) is 37.3 Å². The second-order valence-corrected chi connectivity index (χ2v) is 6.20. The molecule has 106 valence electrons. The lowest BCUT2D eigenvalue weighted by Gasteiger charge is -2.19. The molecule has 0 radical (unpaired) electrons. The number of benzene rings is 1. The van der Waals surface area contributed by atoms with Gasteiger partial charge in [0, 0.05) is 35.4 Å². The van der Waals surface area contributed by atoms with Crippen molar-refractivity contribution in [3.8, 4) is 0 Å². The summed E-state index contributed by atoms with van der Waals surface area (Å²) in [5.41, 5.74) is 7.04. The van der Waals surface area contributed by atoms with Crippen molar-refractivity contribution in [2.24, 2.45) is 11.7 Å². The maximum absolute atomic E-state index is 11.9. The molecule has 0 spiro atoms. The first-order chi connectivity index (χ1) is 9.02. The summed E-state index contributed by atoms with van der Waals surface area (Å²) in [5, 5.41) is 2.84. The molecule has 0 fully saturated rings. The van der Waals surface area contributed by atoms with Crippen molar-refractivity contribution < 1.29 is 9.00 Å². The van der Waals surface area contributed by atoms with Crippen molar-refractivity contribution >= 4 is 16.7 Å². The first-order valence-corrected chi connectivity index (χ1v) is 8.13. The Balaban J connectivity index is 2.42. The van der Waals surface area contributed by atoms with Gasteiger partial charge < -0.3 is 11.1 Å². The number of nitrogens with two attached hydrogens (primary N) is 1. The molecule has 0 aliphatic rings. The molecule has 3 N–H and O–H groups in total. The number of hydrogen-bond donors (Lipinski definition) is 2. The molecule has 3 atom stereocenters. The molecule has 5 heteroatoms. The second-order valence-electron chi connectivity index (χ2n) is 4.65. The van der Waals surface area contributed by atoms with Gasteiger partial charge in [0.15, 0.2) is 0 Å². The Morgan fingerprint density at radius 3 is 2.58 bits per heavy atom. The Kier molecular flexibility index (Phi) is 6.73. The van der Waals surface area contributed by atoms with Gasteiger partial charge in [0.25, 0.3) is 0 Å². The zero-order chi connectivity index (χ0) is 14.3. The maximum Gasteiger partial charge on any atom is 0.224 e. The highest BCUT2D eigenvalue weighted by Crippen LogP contribution is 2.18. The van der Waals surface area contributed by atoms with E-state index in [0.717, 1.165) is 12.0 Å². The smallest absolute Gasteiger partial charge is 0.224 e. The molecular weight excluding hydrogens is 260 g/mol. The lowest BCUT2D eigenvalue weighted by molar-refractivity contribution is -0.125. The van der Waals surface area contributed by atoms with E-state index in [0.29, 0.717) is 12.3 Å². The Labute approximate surface area is 117 Å². The van der Waals surface area contributed by atoms with Crippen molar-refractivity contribution in [2.45, 2.75) is 19.4 Å². The van der Waals surface area contributed by atoms with E-state index in [2.05, 4.69) is 5.32 Å². The molecule has 0 bridgehead atoms. The van der Waals surface area contributed by atoms with Gasteiger partial charge in [-0.3, -0.25) is 9.00 Å². The van der Waals surface area contributed by atoms with E-state index in [-0.39, 0.29) is 17.9 Å². The Morgan fingerprint density at radius 2 is 2.00 bits per heavy atom. The van der Waals surface area contributed by atoms with Crippen LogP contribution in [0.25, 0.3) is 0 Å². The summed E-state index contributed by atoms with van der Waals surface area (Å²) >= 11 is 0. The van der Waals surface area contributed by atoms with E-state index in [1.54, 1.807) is 6.26 Å². The third-order valence-corrected chi connectivity index (χ3v) is 3.91. The molecule has 0 saturated heterocycles. The first-order valence-electron chi connectivity index (χ1n) is 6.40. The Bertz CT molecular complexity index is 423. The molecule has 0 aliphatic carbocycles. The molecule has 0 aromatic heterocycles. The highest BCUT2D eigenvalue weighted by atomic mass is 32.2. The van der Waals surface area contributed by atoms with Crippen LogP contribution in [0.3, 0.4) is 0 Å². The normalized spacial score (nSPS) is 15.5. The van der Waals surface area contributed by atoms with Gasteiger partial charge in [0.1, 0.15) is 0 Å². The number of carbonyl (C=O) groups excluding carboxylic acids is 1. The Morgan fingerprint density at radius 1 is 1.37 bits per heavy atom. The van der Waals surface area contributed by atoms with E-state index in [1.165, 1.54) is 0 Å². The second kappa shape index (κ2) is 8.07. The number of hydrogen-bond acceptors (Lipinski definition) is 3. The molecule has 19 heavy (non-hydrogen) atoms. The molecule has 1 amide bonds. The van der Waals surface area contributed by atoms with Gasteiger partial charge >= 0.3 is 0 Å². The van der Waals surface area contributed by atoms with Gasteiger partial charge in [-0.15, -0.1) is 0 Å². The molecule has 3 unspecified atom stereocenters. The third-order valence-electron chi connectivity index (χ3n) is 3.04. The van der Waals surface area contributed by atoms with Crippen LogP contribution in [0.2, 0.25) is 0 Å². The molecule has 0 heterocycles. The van der Waals surface area contributed by atoms with Crippen LogP contribution in [-0.4, -0.2) is 28.7 Å². The lowest BCUT2D eigenvalue weighted by atomic mass is 9.95. The summed E-state index contributed by atoms with van der Waals surface area (Å²) in [5.74, 6) is 0.270. The highest BCUT2D eigenvalue weighted by molar-refractivity contribution is 7.84. The van der Waals surface area contributed by atoms with Crippen molar-refractivity contribution in [3.63, 3.8) is 0 Å². The fraction of sp³-hybridized carbons (Fsp3) is 0.500. The Hall–Kier alpha value is -1.20. The SMILES string of the molecule is CC(C(=O)NCCCS(C)=O)C(N)c1ccccc1. The average Bonchev–Trinajstić information content (AvgIpc) is 2.42. The summed E-state index contributed by atoms with van der Waals surface area (Å²) in [6.45, 7) is 2.37. The summed E-state index contributed by atoms with van der Waals surface area (Å²) in [7, 11) is -0.805. The first kappa shape index (κ1) is 15.9. The summed E-state index contributed by atoms with van der Waals surface area (Å²) in [6, 6.07) is 9.29. The van der Waals surface area contributed by atoms with Crippen molar-refractivity contribution in [3.05, 3.63) is 35.9 Å². The van der Waals surface area contributed by atoms with Gasteiger partial charge in [0.05, 0.1) is 5.92 Å². The van der Waals surface area contributed by atoms with Crippen LogP contribution in [-0.2, 0) is 15.6 Å². The van der Waals surface area contributed by atoms with E-state index in [9.17, 15) is 9.00 Å². The fourth-order valence-corrected chi connectivity index (χ4v) is 2.33. The molecule has 0 saturated carbocycles. The van der Waals surface area contributed by atoms with Gasteiger partial charge in [-0.1, -0.05) is 37.3 Å². The standard InChI is InChI=1S/C14H22N2O2S/c1-11(13(15)12-7-4-3-5-8-12)14(17)16-9-6-10-19(2)18/h3-5,7-8,11,13H,6,9-10,15H2,1-2H3,(H,16,17). The zero-order valence-corrected chi connectivity index (χ0v) is 12.3. The third kappa shape index (κ3) is 5.53. The minimum absolute atomic E-state index is 0.0572. The monoisotopic (exact) mass is 282 g/mol. The van der Waals surface area contributed by atoms with Crippen LogP contribution in [0.1, 0.15) is 24.9 Å². The molecule has 1 rings (SSSR count). The molecular formula is C14H22N2O2S. The number of rotatable bonds is 7. The minimum Gasteiger partial charge on any atom is -0.356 e. The molecule has 4 nitrogen and oxygen atoms in total. The van der Waals surface area contributed by atoms with Crippen molar-refractivity contribution in [1.29, 1.82) is 0 Å². The van der Waals surface area contributed by atoms with Gasteiger partial charge in [0.2, 0.25) is 5.91 Å². The van der Waals surface area contributed by atoms with Crippen LogP contribution in [0.5, 0.6) is 0 Å². The number of amides is 1. The highest BCUT2D eigenvalue weighted by Gasteiger charge is 2.21. The van der Waals surface area contributed by atoms with Gasteiger partial charge in [-0.2, -0.15) is 0 Å². The van der Waals surface area contributed by atoms with Gasteiger partial charge in [-0.25, -0.2) is 0 Å². The fourth-order valence-electron chi connectivity index (χ4n) is 1.78. The summed E-state index contributed by atoms with van der Waals surface area (Å²) < 4.78 is 10.9. The zero-order valence-electron chi connectivity index (χ0n) is 11.5. The topological polar surface area (TPSA) is 72.2 Å². The molecule has 0 aliphatic heterocycles. The van der Waals surface area contributed by atoms with Crippen LogP contribution in [0.4, 0.5) is 0 Å². The summed E-state index contributed by atoms with van der Waals surface area (Å²) in [4.78, 5) is 11.9. The lowest BCUT2D eigenvalue weighted by Crippen LogP contribution is -2.36. The summed E-state index contributed by atoms with van der Waals surface area (Å²) in [6.07, 6.45) is 2.39.